The SMILES string of the molecule is COC(=O)Cc1ccc(CCCCNC(=O)OC(C)(C)C)n1Cc1ccccc1. The van der Waals surface area contributed by atoms with Crippen LogP contribution in [0, 0.1) is 0 Å². The minimum atomic E-state index is -0.488. The number of hydrogen-bond donors (Lipinski definition) is 1. The van der Waals surface area contributed by atoms with Gasteiger partial charge in [-0.25, -0.2) is 4.79 Å². The lowest BCUT2D eigenvalue weighted by Gasteiger charge is -2.19. The van der Waals surface area contributed by atoms with E-state index < -0.39 is 5.60 Å². The number of carbonyl (C=O) groups is 2. The van der Waals surface area contributed by atoms with E-state index in [4.69, 9.17) is 9.47 Å². The second-order valence-corrected chi connectivity index (χ2v) is 8.03. The Kier molecular flexibility index (Phi) is 8.31. The Morgan fingerprint density at radius 2 is 1.69 bits per heavy atom. The van der Waals surface area contributed by atoms with Crippen molar-refractivity contribution in [2.75, 3.05) is 13.7 Å². The monoisotopic (exact) mass is 400 g/mol. The summed E-state index contributed by atoms with van der Waals surface area (Å²) in [5, 5.41) is 2.79. The van der Waals surface area contributed by atoms with E-state index in [2.05, 4.69) is 28.1 Å². The number of unbranched alkanes of at least 4 members (excludes halogenated alkanes) is 1. The number of carbonyl (C=O) groups excluding carboxylic acids is 2. The summed E-state index contributed by atoms with van der Waals surface area (Å²) in [5.74, 6) is -0.245. The Labute approximate surface area is 173 Å². The van der Waals surface area contributed by atoms with E-state index in [1.807, 2.05) is 45.0 Å². The fourth-order valence-electron chi connectivity index (χ4n) is 3.05. The first-order valence-corrected chi connectivity index (χ1v) is 10.0. The van der Waals surface area contributed by atoms with Crippen molar-refractivity contribution in [3.63, 3.8) is 0 Å². The maximum Gasteiger partial charge on any atom is 0.407 e. The lowest BCUT2D eigenvalue weighted by molar-refractivity contribution is -0.139. The van der Waals surface area contributed by atoms with Gasteiger partial charge in [0.1, 0.15) is 5.60 Å². The molecule has 0 aliphatic rings. The summed E-state index contributed by atoms with van der Waals surface area (Å²) in [6.45, 7) is 6.83. The van der Waals surface area contributed by atoms with Gasteiger partial charge in [-0.2, -0.15) is 0 Å². The second kappa shape index (κ2) is 10.7. The van der Waals surface area contributed by atoms with E-state index in [0.29, 0.717) is 13.1 Å². The van der Waals surface area contributed by atoms with Crippen molar-refractivity contribution in [3.05, 3.63) is 59.4 Å². The van der Waals surface area contributed by atoms with Crippen molar-refractivity contribution in [1.82, 2.24) is 9.88 Å². The molecule has 6 nitrogen and oxygen atoms in total. The van der Waals surface area contributed by atoms with E-state index in [1.54, 1.807) is 0 Å². The zero-order valence-electron chi connectivity index (χ0n) is 17.9. The van der Waals surface area contributed by atoms with Gasteiger partial charge in [-0.05, 0) is 57.7 Å². The van der Waals surface area contributed by atoms with Gasteiger partial charge in [0.2, 0.25) is 0 Å². The Morgan fingerprint density at radius 3 is 2.34 bits per heavy atom. The molecule has 0 aliphatic carbocycles. The van der Waals surface area contributed by atoms with E-state index in [0.717, 1.165) is 25.0 Å². The van der Waals surface area contributed by atoms with Crippen LogP contribution in [-0.2, 0) is 33.7 Å². The highest BCUT2D eigenvalue weighted by molar-refractivity contribution is 5.72. The van der Waals surface area contributed by atoms with Crippen LogP contribution in [0.15, 0.2) is 42.5 Å². The molecular weight excluding hydrogens is 368 g/mol. The Balaban J connectivity index is 1.93. The number of rotatable bonds is 9. The number of aromatic nitrogens is 1. The van der Waals surface area contributed by atoms with Crippen LogP contribution in [0.25, 0.3) is 0 Å². The van der Waals surface area contributed by atoms with Gasteiger partial charge in [0.15, 0.2) is 0 Å². The first-order valence-electron chi connectivity index (χ1n) is 10.0. The third kappa shape index (κ3) is 8.02. The van der Waals surface area contributed by atoms with Gasteiger partial charge < -0.3 is 19.4 Å². The van der Waals surface area contributed by atoms with Crippen LogP contribution in [0.5, 0.6) is 0 Å². The lowest BCUT2D eigenvalue weighted by Crippen LogP contribution is -2.33. The average molecular weight is 401 g/mol. The van der Waals surface area contributed by atoms with Crippen LogP contribution in [0.4, 0.5) is 4.79 Å². The molecule has 1 aromatic heterocycles. The van der Waals surface area contributed by atoms with Crippen LogP contribution in [0.3, 0.4) is 0 Å². The number of alkyl carbamates (subject to hydrolysis) is 1. The Bertz CT molecular complexity index is 791. The maximum atomic E-state index is 11.8. The largest absolute Gasteiger partial charge is 0.469 e. The van der Waals surface area contributed by atoms with Crippen LogP contribution in [0.1, 0.15) is 50.6 Å². The van der Waals surface area contributed by atoms with Crippen molar-refractivity contribution in [2.24, 2.45) is 0 Å². The number of aryl methyl sites for hydroxylation is 1. The fourth-order valence-corrected chi connectivity index (χ4v) is 3.05. The smallest absolute Gasteiger partial charge is 0.407 e. The van der Waals surface area contributed by atoms with Crippen LogP contribution in [0.2, 0.25) is 0 Å². The fraction of sp³-hybridized carbons (Fsp3) is 0.478. The molecule has 0 atom stereocenters. The number of amides is 1. The molecule has 29 heavy (non-hydrogen) atoms. The zero-order valence-corrected chi connectivity index (χ0v) is 17.9. The van der Waals surface area contributed by atoms with E-state index in [9.17, 15) is 9.59 Å². The maximum absolute atomic E-state index is 11.8. The van der Waals surface area contributed by atoms with Gasteiger partial charge >= 0.3 is 12.1 Å². The highest BCUT2D eigenvalue weighted by Crippen LogP contribution is 2.16. The molecule has 0 radical (unpaired) electrons. The summed E-state index contributed by atoms with van der Waals surface area (Å²) < 4.78 is 12.3. The summed E-state index contributed by atoms with van der Waals surface area (Å²) in [7, 11) is 1.41. The molecule has 0 saturated heterocycles. The second-order valence-electron chi connectivity index (χ2n) is 8.03. The molecule has 1 N–H and O–H groups in total. The highest BCUT2D eigenvalue weighted by atomic mass is 16.6. The number of esters is 1. The quantitative estimate of drug-likeness (QED) is 0.508. The first kappa shape index (κ1) is 22.5. The average Bonchev–Trinajstić information content (AvgIpc) is 3.02. The van der Waals surface area contributed by atoms with Gasteiger partial charge in [-0.15, -0.1) is 0 Å². The number of nitrogens with zero attached hydrogens (tertiary/aromatic N) is 1. The van der Waals surface area contributed by atoms with Gasteiger partial charge in [-0.3, -0.25) is 4.79 Å². The predicted octanol–water partition coefficient (Wildman–Crippen LogP) is 4.10. The first-order chi connectivity index (χ1) is 13.8. The van der Waals surface area contributed by atoms with Gasteiger partial charge in [0.25, 0.3) is 0 Å². The number of hydrogen-bond acceptors (Lipinski definition) is 4. The van der Waals surface area contributed by atoms with E-state index in [1.165, 1.54) is 18.4 Å². The van der Waals surface area contributed by atoms with Crippen molar-refractivity contribution in [3.8, 4) is 0 Å². The molecular formula is C23H32N2O4. The summed E-state index contributed by atoms with van der Waals surface area (Å²) in [6, 6.07) is 14.2. The molecule has 0 spiro atoms. The molecule has 6 heteroatoms. The number of benzene rings is 1. The molecule has 2 aromatic rings. The Hall–Kier alpha value is -2.76. The normalized spacial score (nSPS) is 11.2. The number of nitrogens with one attached hydrogen (secondary N) is 1. The van der Waals surface area contributed by atoms with Gasteiger partial charge in [-0.1, -0.05) is 30.3 Å². The predicted molar refractivity (Wildman–Crippen MR) is 113 cm³/mol. The number of ether oxygens (including phenoxy) is 2. The molecule has 2 rings (SSSR count). The molecule has 1 heterocycles. The topological polar surface area (TPSA) is 69.6 Å². The number of methoxy groups -OCH3 is 1. The lowest BCUT2D eigenvalue weighted by atomic mass is 10.1. The summed E-state index contributed by atoms with van der Waals surface area (Å²) >= 11 is 0. The van der Waals surface area contributed by atoms with Crippen molar-refractivity contribution in [1.29, 1.82) is 0 Å². The van der Waals surface area contributed by atoms with Crippen LogP contribution >= 0.6 is 0 Å². The molecule has 0 saturated carbocycles. The van der Waals surface area contributed by atoms with Gasteiger partial charge in [0, 0.05) is 24.5 Å². The zero-order chi connectivity index (χ0) is 21.3. The third-order valence-electron chi connectivity index (χ3n) is 4.43. The van der Waals surface area contributed by atoms with E-state index in [-0.39, 0.29) is 18.5 Å². The molecule has 0 fully saturated rings. The van der Waals surface area contributed by atoms with Crippen molar-refractivity contribution < 1.29 is 19.1 Å². The molecule has 0 bridgehead atoms. The van der Waals surface area contributed by atoms with Crippen molar-refractivity contribution in [2.45, 2.75) is 58.6 Å². The van der Waals surface area contributed by atoms with Gasteiger partial charge in [0.05, 0.1) is 13.5 Å². The molecule has 158 valence electrons. The van der Waals surface area contributed by atoms with E-state index >= 15 is 0 Å². The minimum absolute atomic E-state index is 0.245. The van der Waals surface area contributed by atoms with Crippen LogP contribution in [-0.4, -0.2) is 35.9 Å². The molecule has 1 aromatic carbocycles. The molecule has 0 aliphatic heterocycles. The molecule has 0 unspecified atom stereocenters. The van der Waals surface area contributed by atoms with Crippen LogP contribution < -0.4 is 5.32 Å². The minimum Gasteiger partial charge on any atom is -0.469 e. The standard InChI is InChI=1S/C23H32N2O4/c1-23(2,3)29-22(27)24-15-9-8-12-19-13-14-20(16-21(26)28-4)25(19)17-18-10-6-5-7-11-18/h5-7,10-11,13-14H,8-9,12,15-17H2,1-4H3,(H,24,27). The summed E-state index contributed by atoms with van der Waals surface area (Å²) in [6.07, 6.45) is 2.51. The summed E-state index contributed by atoms with van der Waals surface area (Å²) in [5.41, 5.74) is 2.81. The third-order valence-corrected chi connectivity index (χ3v) is 4.43. The molecule has 1 amide bonds. The summed E-state index contributed by atoms with van der Waals surface area (Å²) in [4.78, 5) is 23.5. The van der Waals surface area contributed by atoms with Crippen molar-refractivity contribution >= 4 is 12.1 Å². The Morgan fingerprint density at radius 1 is 1.00 bits per heavy atom. The highest BCUT2D eigenvalue weighted by Gasteiger charge is 2.16.